The molecule has 1 unspecified atom stereocenters. The highest BCUT2D eigenvalue weighted by Crippen LogP contribution is 2.31. The molecule has 2 aromatic carbocycles. The zero-order valence-corrected chi connectivity index (χ0v) is 17.4. The molecule has 0 aliphatic heterocycles. The Bertz CT molecular complexity index is 879. The second-order valence-corrected chi connectivity index (χ2v) is 7.15. The molecule has 0 bridgehead atoms. The number of carbonyl (C=O) groups is 1. The molecule has 0 aliphatic rings. The molecule has 1 amide bonds. The van der Waals surface area contributed by atoms with Gasteiger partial charge in [0, 0.05) is 36.1 Å². The summed E-state index contributed by atoms with van der Waals surface area (Å²) in [7, 11) is 0. The summed E-state index contributed by atoms with van der Waals surface area (Å²) >= 11 is 0. The maximum atomic E-state index is 12.9. The molecule has 0 fully saturated rings. The van der Waals surface area contributed by atoms with Crippen molar-refractivity contribution in [1.29, 1.82) is 0 Å². The minimum atomic E-state index is -0.485. The van der Waals surface area contributed by atoms with E-state index in [1.54, 1.807) is 0 Å². The summed E-state index contributed by atoms with van der Waals surface area (Å²) in [6.45, 7) is 4.98. The largest absolute Gasteiger partial charge is 0.361 e. The van der Waals surface area contributed by atoms with Gasteiger partial charge >= 0.3 is 0 Å². The van der Waals surface area contributed by atoms with Crippen LogP contribution in [-0.4, -0.2) is 24.0 Å². The van der Waals surface area contributed by atoms with Crippen LogP contribution in [-0.2, 0) is 4.79 Å². The minimum Gasteiger partial charge on any atom is -0.361 e. The monoisotopic (exact) mass is 399 g/mol. The van der Waals surface area contributed by atoms with Crippen molar-refractivity contribution in [3.8, 4) is 0 Å². The number of hydrogen-bond acceptors (Lipinski definition) is 2. The summed E-state index contributed by atoms with van der Waals surface area (Å²) in [4.78, 5) is 16.3. The number of halogens is 1. The Morgan fingerprint density at radius 1 is 1.07 bits per heavy atom. The average Bonchev–Trinajstić information content (AvgIpc) is 3.15. The van der Waals surface area contributed by atoms with Crippen LogP contribution in [0.5, 0.6) is 0 Å². The van der Waals surface area contributed by atoms with Crippen LogP contribution < -0.4 is 11.1 Å². The van der Waals surface area contributed by atoms with Crippen molar-refractivity contribution in [3.63, 3.8) is 0 Å². The molecule has 0 spiro atoms. The van der Waals surface area contributed by atoms with E-state index in [1.807, 2.05) is 44.2 Å². The van der Waals surface area contributed by atoms with Crippen LogP contribution in [0.4, 0.5) is 0 Å². The Labute approximate surface area is 173 Å². The number of hydrogen-bond donors (Lipinski definition) is 3. The lowest BCUT2D eigenvalue weighted by molar-refractivity contribution is -0.131. The quantitative estimate of drug-likeness (QED) is 0.517. The third-order valence-electron chi connectivity index (χ3n) is 5.89. The van der Waals surface area contributed by atoms with E-state index in [-0.39, 0.29) is 24.2 Å². The zero-order chi connectivity index (χ0) is 19.3. The molecule has 1 aromatic heterocycles. The van der Waals surface area contributed by atoms with Crippen LogP contribution in [0.15, 0.2) is 60.8 Å². The Kier molecular flexibility index (Phi) is 7.67. The highest BCUT2D eigenvalue weighted by Gasteiger charge is 2.33. The SMILES string of the molecule is CCC(CC)(CN)C(=O)NCC(c1ccccc1)c1c[nH]c2ccccc12.Cl. The summed E-state index contributed by atoms with van der Waals surface area (Å²) in [5.74, 6) is 0.131. The molecule has 0 aliphatic carbocycles. The first kappa shape index (κ1) is 22.0. The number of amides is 1. The van der Waals surface area contributed by atoms with Crippen molar-refractivity contribution in [2.24, 2.45) is 11.1 Å². The van der Waals surface area contributed by atoms with Crippen LogP contribution in [0.3, 0.4) is 0 Å². The maximum absolute atomic E-state index is 12.9. The van der Waals surface area contributed by atoms with E-state index in [2.05, 4.69) is 40.8 Å². The van der Waals surface area contributed by atoms with Gasteiger partial charge < -0.3 is 16.0 Å². The number of nitrogens with one attached hydrogen (secondary N) is 2. The van der Waals surface area contributed by atoms with Crippen LogP contribution in [0.1, 0.15) is 43.7 Å². The summed E-state index contributed by atoms with van der Waals surface area (Å²) in [6, 6.07) is 18.6. The molecule has 0 saturated heterocycles. The van der Waals surface area contributed by atoms with Gasteiger partial charge in [0.25, 0.3) is 0 Å². The van der Waals surface area contributed by atoms with Gasteiger partial charge in [-0.1, -0.05) is 62.4 Å². The number of aromatic nitrogens is 1. The summed E-state index contributed by atoms with van der Waals surface area (Å²) < 4.78 is 0. The molecule has 28 heavy (non-hydrogen) atoms. The fourth-order valence-corrected chi connectivity index (χ4v) is 3.81. The molecule has 1 heterocycles. The van der Waals surface area contributed by atoms with E-state index in [1.165, 1.54) is 16.5 Å². The zero-order valence-electron chi connectivity index (χ0n) is 16.6. The van der Waals surface area contributed by atoms with Gasteiger partial charge in [-0.2, -0.15) is 0 Å². The van der Waals surface area contributed by atoms with Gasteiger partial charge in [-0.05, 0) is 30.0 Å². The van der Waals surface area contributed by atoms with E-state index in [0.717, 1.165) is 18.4 Å². The van der Waals surface area contributed by atoms with E-state index in [9.17, 15) is 4.79 Å². The number of fused-ring (bicyclic) bond motifs is 1. The van der Waals surface area contributed by atoms with Crippen LogP contribution >= 0.6 is 12.4 Å². The second kappa shape index (κ2) is 9.76. The molecule has 150 valence electrons. The lowest BCUT2D eigenvalue weighted by atomic mass is 9.81. The van der Waals surface area contributed by atoms with Gasteiger partial charge in [0.2, 0.25) is 5.91 Å². The van der Waals surface area contributed by atoms with Gasteiger partial charge in [-0.15, -0.1) is 12.4 Å². The molecule has 5 heteroatoms. The smallest absolute Gasteiger partial charge is 0.227 e. The number of para-hydroxylation sites is 1. The van der Waals surface area contributed by atoms with Crippen molar-refractivity contribution < 1.29 is 4.79 Å². The highest BCUT2D eigenvalue weighted by atomic mass is 35.5. The van der Waals surface area contributed by atoms with Crippen LogP contribution in [0.2, 0.25) is 0 Å². The Balaban J connectivity index is 0.00000280. The van der Waals surface area contributed by atoms with E-state index in [4.69, 9.17) is 5.73 Å². The molecule has 1 atom stereocenters. The molecule has 4 N–H and O–H groups in total. The molecule has 0 radical (unpaired) electrons. The molecule has 3 aromatic rings. The summed E-state index contributed by atoms with van der Waals surface area (Å²) in [5.41, 5.74) is 8.96. The van der Waals surface area contributed by atoms with E-state index in [0.29, 0.717) is 13.1 Å². The van der Waals surface area contributed by atoms with Crippen molar-refractivity contribution in [2.75, 3.05) is 13.1 Å². The van der Waals surface area contributed by atoms with Crippen molar-refractivity contribution >= 4 is 29.2 Å². The van der Waals surface area contributed by atoms with Crippen molar-refractivity contribution in [2.45, 2.75) is 32.6 Å². The highest BCUT2D eigenvalue weighted by molar-refractivity contribution is 5.86. The van der Waals surface area contributed by atoms with Crippen molar-refractivity contribution in [1.82, 2.24) is 10.3 Å². The van der Waals surface area contributed by atoms with Crippen molar-refractivity contribution in [3.05, 3.63) is 71.9 Å². The second-order valence-electron chi connectivity index (χ2n) is 7.15. The predicted molar refractivity (Wildman–Crippen MR) is 119 cm³/mol. The molecular formula is C23H30ClN3O. The van der Waals surface area contributed by atoms with Gasteiger partial charge in [-0.3, -0.25) is 4.79 Å². The number of nitrogens with two attached hydrogens (primary N) is 1. The van der Waals surface area contributed by atoms with Crippen LogP contribution in [0.25, 0.3) is 10.9 Å². The third kappa shape index (κ3) is 4.23. The predicted octanol–water partition coefficient (Wildman–Crippen LogP) is 4.60. The Morgan fingerprint density at radius 2 is 1.71 bits per heavy atom. The number of H-pyrrole nitrogens is 1. The first-order valence-electron chi connectivity index (χ1n) is 9.74. The van der Waals surface area contributed by atoms with E-state index >= 15 is 0 Å². The first-order valence-corrected chi connectivity index (χ1v) is 9.74. The summed E-state index contributed by atoms with van der Waals surface area (Å²) in [5, 5.41) is 4.39. The van der Waals surface area contributed by atoms with Gasteiger partial charge in [0.1, 0.15) is 0 Å². The van der Waals surface area contributed by atoms with Gasteiger partial charge in [0.15, 0.2) is 0 Å². The first-order chi connectivity index (χ1) is 13.1. The third-order valence-corrected chi connectivity index (χ3v) is 5.89. The van der Waals surface area contributed by atoms with Gasteiger partial charge in [0.05, 0.1) is 5.41 Å². The van der Waals surface area contributed by atoms with Gasteiger partial charge in [-0.25, -0.2) is 0 Å². The lowest BCUT2D eigenvalue weighted by Crippen LogP contribution is -2.46. The Hall–Kier alpha value is -2.30. The average molecular weight is 400 g/mol. The molecular weight excluding hydrogens is 370 g/mol. The van der Waals surface area contributed by atoms with Crippen LogP contribution in [0, 0.1) is 5.41 Å². The van der Waals surface area contributed by atoms with E-state index < -0.39 is 5.41 Å². The lowest BCUT2D eigenvalue weighted by Gasteiger charge is -2.29. The molecule has 3 rings (SSSR count). The number of aromatic amines is 1. The maximum Gasteiger partial charge on any atom is 0.227 e. The topological polar surface area (TPSA) is 70.9 Å². The Morgan fingerprint density at radius 3 is 2.36 bits per heavy atom. The molecule has 0 saturated carbocycles. The number of carbonyl (C=O) groups excluding carboxylic acids is 1. The number of rotatable bonds is 8. The standard InChI is InChI=1S/C23H29N3O.ClH/c1-3-23(4-2,16-24)22(27)26-14-19(17-10-6-5-7-11-17)20-15-25-21-13-9-8-12-18(20)21;/h5-13,15,19,25H,3-4,14,16,24H2,1-2H3,(H,26,27);1H. The molecule has 4 nitrogen and oxygen atoms in total. The summed E-state index contributed by atoms with van der Waals surface area (Å²) in [6.07, 6.45) is 3.55. The fourth-order valence-electron chi connectivity index (χ4n) is 3.81. The fraction of sp³-hybridized carbons (Fsp3) is 0.348. The minimum absolute atomic E-state index is 0. The number of benzene rings is 2. The normalized spacial score (nSPS) is 12.4.